The van der Waals surface area contributed by atoms with Crippen molar-refractivity contribution in [2.24, 2.45) is 5.10 Å². The highest BCUT2D eigenvalue weighted by Gasteiger charge is 2.08. The average Bonchev–Trinajstić information content (AvgIpc) is 2.62. The topological polar surface area (TPSA) is 54.9 Å². The van der Waals surface area contributed by atoms with Gasteiger partial charge in [0.05, 0.1) is 19.9 Å². The fourth-order valence-corrected chi connectivity index (χ4v) is 2.33. The molecule has 0 aliphatic rings. The molecule has 5 nitrogen and oxygen atoms in total. The molecule has 0 radical (unpaired) electrons. The third kappa shape index (κ3) is 4.70. The number of rotatable bonds is 6. The average molecular weight is 343 g/mol. The fraction of sp³-hybridized carbons (Fsp3) is 0.222. The number of thiocarbonyl (C=S) groups is 1. The second-order valence-electron chi connectivity index (χ2n) is 4.91. The van der Waals surface area contributed by atoms with E-state index in [9.17, 15) is 0 Å². The van der Waals surface area contributed by atoms with Crippen LogP contribution in [0.3, 0.4) is 0 Å². The van der Waals surface area contributed by atoms with E-state index < -0.39 is 0 Å². The van der Waals surface area contributed by atoms with Crippen LogP contribution in [-0.4, -0.2) is 25.0 Å². The van der Waals surface area contributed by atoms with E-state index >= 15 is 0 Å². The second-order valence-corrected chi connectivity index (χ2v) is 5.32. The number of ether oxygens (including phenoxy) is 2. The van der Waals surface area contributed by atoms with E-state index in [1.807, 2.05) is 55.5 Å². The lowest BCUT2D eigenvalue weighted by Gasteiger charge is -2.11. The molecule has 0 spiro atoms. The Bertz CT molecular complexity index is 717. The van der Waals surface area contributed by atoms with Crippen molar-refractivity contribution in [1.29, 1.82) is 0 Å². The number of hydrogen-bond donors (Lipinski definition) is 2. The molecule has 0 atom stereocenters. The number of hydrogen-bond acceptors (Lipinski definition) is 4. The predicted octanol–water partition coefficient (Wildman–Crippen LogP) is 3.80. The molecule has 24 heavy (non-hydrogen) atoms. The number of hydrazone groups is 1. The van der Waals surface area contributed by atoms with Crippen LogP contribution in [0.4, 0.5) is 5.69 Å². The molecule has 0 saturated heterocycles. The van der Waals surface area contributed by atoms with Crippen molar-refractivity contribution in [2.75, 3.05) is 19.5 Å². The van der Waals surface area contributed by atoms with Gasteiger partial charge in [-0.3, -0.25) is 5.43 Å². The minimum Gasteiger partial charge on any atom is -0.493 e. The molecule has 2 rings (SSSR count). The molecule has 126 valence electrons. The van der Waals surface area contributed by atoms with Gasteiger partial charge in [-0.1, -0.05) is 25.1 Å². The Morgan fingerprint density at radius 3 is 2.38 bits per heavy atom. The summed E-state index contributed by atoms with van der Waals surface area (Å²) in [6.45, 7) is 2.03. The summed E-state index contributed by atoms with van der Waals surface area (Å²) in [4.78, 5) is 0. The van der Waals surface area contributed by atoms with E-state index in [2.05, 4.69) is 15.8 Å². The van der Waals surface area contributed by atoms with Crippen LogP contribution in [-0.2, 0) is 0 Å². The van der Waals surface area contributed by atoms with Gasteiger partial charge < -0.3 is 14.8 Å². The zero-order chi connectivity index (χ0) is 17.4. The normalized spacial score (nSPS) is 10.9. The van der Waals surface area contributed by atoms with Crippen LogP contribution in [0.2, 0.25) is 0 Å². The summed E-state index contributed by atoms with van der Waals surface area (Å²) in [5, 5.41) is 7.93. The summed E-state index contributed by atoms with van der Waals surface area (Å²) in [6.07, 6.45) is 0.746. The maximum absolute atomic E-state index is 5.34. The highest BCUT2D eigenvalue weighted by molar-refractivity contribution is 7.80. The summed E-state index contributed by atoms with van der Waals surface area (Å²) in [6, 6.07) is 15.4. The quantitative estimate of drug-likeness (QED) is 0.475. The Hall–Kier alpha value is -2.60. The lowest BCUT2D eigenvalue weighted by atomic mass is 10.1. The molecule has 2 aromatic rings. The molecule has 0 bridgehead atoms. The zero-order valence-corrected chi connectivity index (χ0v) is 14.8. The first-order valence-corrected chi connectivity index (χ1v) is 7.99. The predicted molar refractivity (Wildman–Crippen MR) is 102 cm³/mol. The molecule has 0 aliphatic heterocycles. The molecule has 0 unspecified atom stereocenters. The van der Waals surface area contributed by atoms with Crippen LogP contribution in [0.5, 0.6) is 11.5 Å². The van der Waals surface area contributed by atoms with E-state index in [1.165, 1.54) is 0 Å². The summed E-state index contributed by atoms with van der Waals surface area (Å²) in [5.41, 5.74) is 5.61. The Balaban J connectivity index is 2.10. The van der Waals surface area contributed by atoms with Crippen molar-refractivity contribution in [2.45, 2.75) is 13.3 Å². The lowest BCUT2D eigenvalue weighted by Crippen LogP contribution is -2.25. The largest absolute Gasteiger partial charge is 0.493 e. The first kappa shape index (κ1) is 17.7. The summed E-state index contributed by atoms with van der Waals surface area (Å²) in [7, 11) is 3.23. The van der Waals surface area contributed by atoms with Crippen molar-refractivity contribution in [3.63, 3.8) is 0 Å². The number of para-hydroxylation sites is 1. The van der Waals surface area contributed by atoms with Crippen molar-refractivity contribution in [3.05, 3.63) is 54.1 Å². The van der Waals surface area contributed by atoms with E-state index in [1.54, 1.807) is 14.2 Å². The summed E-state index contributed by atoms with van der Waals surface area (Å²) < 4.78 is 10.6. The molecule has 0 saturated carbocycles. The van der Waals surface area contributed by atoms with Crippen LogP contribution >= 0.6 is 12.2 Å². The smallest absolute Gasteiger partial charge is 0.191 e. The van der Waals surface area contributed by atoms with Crippen molar-refractivity contribution < 1.29 is 9.47 Å². The maximum Gasteiger partial charge on any atom is 0.191 e. The molecule has 2 aromatic carbocycles. The Labute approximate surface area is 147 Å². The molecule has 0 aromatic heterocycles. The van der Waals surface area contributed by atoms with Gasteiger partial charge in [0.15, 0.2) is 16.6 Å². The van der Waals surface area contributed by atoms with Gasteiger partial charge >= 0.3 is 0 Å². The Kier molecular flexibility index (Phi) is 6.57. The van der Waals surface area contributed by atoms with E-state index in [4.69, 9.17) is 21.7 Å². The molecular formula is C18H21N3O2S. The number of nitrogens with one attached hydrogen (secondary N) is 2. The number of benzene rings is 2. The number of methoxy groups -OCH3 is 2. The summed E-state index contributed by atoms with van der Waals surface area (Å²) >= 11 is 5.27. The molecule has 2 N–H and O–H groups in total. The van der Waals surface area contributed by atoms with E-state index in [0.717, 1.165) is 23.4 Å². The van der Waals surface area contributed by atoms with Gasteiger partial charge in [0, 0.05) is 11.3 Å². The minimum absolute atomic E-state index is 0.438. The lowest BCUT2D eigenvalue weighted by molar-refractivity contribution is 0.355. The second kappa shape index (κ2) is 8.88. The molecule has 0 heterocycles. The Morgan fingerprint density at radius 1 is 1.04 bits per heavy atom. The van der Waals surface area contributed by atoms with E-state index in [0.29, 0.717) is 16.6 Å². The third-order valence-corrected chi connectivity index (χ3v) is 3.57. The van der Waals surface area contributed by atoms with Gasteiger partial charge in [0.25, 0.3) is 0 Å². The monoisotopic (exact) mass is 343 g/mol. The van der Waals surface area contributed by atoms with Crippen molar-refractivity contribution in [3.8, 4) is 11.5 Å². The molecule has 0 fully saturated rings. The SMILES string of the molecule is CC/C(=N/NC(=S)Nc1ccccc1)c1ccc(OC)c(OC)c1. The molecule has 0 aliphatic carbocycles. The minimum atomic E-state index is 0.438. The van der Waals surface area contributed by atoms with Crippen molar-refractivity contribution in [1.82, 2.24) is 5.43 Å². The first-order chi connectivity index (χ1) is 11.7. The molecule has 0 amide bonds. The van der Waals surface area contributed by atoms with E-state index in [-0.39, 0.29) is 0 Å². The third-order valence-electron chi connectivity index (χ3n) is 3.38. The number of nitrogens with zero attached hydrogens (tertiary/aromatic N) is 1. The van der Waals surface area contributed by atoms with Gasteiger partial charge in [0.2, 0.25) is 0 Å². The van der Waals surface area contributed by atoms with Crippen LogP contribution in [0, 0.1) is 0 Å². The Morgan fingerprint density at radius 2 is 1.75 bits per heavy atom. The molecule has 6 heteroatoms. The van der Waals surface area contributed by atoms with Crippen LogP contribution in [0.25, 0.3) is 0 Å². The van der Waals surface area contributed by atoms with Gasteiger partial charge in [-0.05, 0) is 49.0 Å². The van der Waals surface area contributed by atoms with Crippen molar-refractivity contribution >= 4 is 28.7 Å². The van der Waals surface area contributed by atoms with Gasteiger partial charge in [0.1, 0.15) is 0 Å². The standard InChI is InChI=1S/C18H21N3O2S/c1-4-15(13-10-11-16(22-2)17(12-13)23-3)20-21-18(24)19-14-8-6-5-7-9-14/h5-12H,4H2,1-3H3,(H2,19,21,24)/b20-15-. The van der Waals surface area contributed by atoms with Gasteiger partial charge in [-0.15, -0.1) is 0 Å². The zero-order valence-electron chi connectivity index (χ0n) is 14.0. The first-order valence-electron chi connectivity index (χ1n) is 7.59. The number of anilines is 1. The maximum atomic E-state index is 5.34. The highest BCUT2D eigenvalue weighted by Crippen LogP contribution is 2.28. The highest BCUT2D eigenvalue weighted by atomic mass is 32.1. The van der Waals surface area contributed by atoms with Crippen LogP contribution in [0.1, 0.15) is 18.9 Å². The summed E-state index contributed by atoms with van der Waals surface area (Å²) in [5.74, 6) is 1.35. The van der Waals surface area contributed by atoms with Crippen LogP contribution < -0.4 is 20.2 Å². The van der Waals surface area contributed by atoms with Crippen LogP contribution in [0.15, 0.2) is 53.6 Å². The fourth-order valence-electron chi connectivity index (χ4n) is 2.16. The molecular weight excluding hydrogens is 322 g/mol. The van der Waals surface area contributed by atoms with Gasteiger partial charge in [-0.2, -0.15) is 5.10 Å². The van der Waals surface area contributed by atoms with Gasteiger partial charge in [-0.25, -0.2) is 0 Å².